The number of aliphatic hydroxyl groups excluding tert-OH is 1. The molecule has 2 unspecified atom stereocenters. The Balaban J connectivity index is 2.20. The summed E-state index contributed by atoms with van der Waals surface area (Å²) >= 11 is 0. The normalized spacial score (nSPS) is 23.1. The van der Waals surface area contributed by atoms with Crippen LogP contribution >= 0.6 is 0 Å². The average molecular weight is 299 g/mol. The van der Waals surface area contributed by atoms with Crippen LogP contribution in [0.15, 0.2) is 24.3 Å². The van der Waals surface area contributed by atoms with Crippen molar-refractivity contribution in [1.82, 2.24) is 0 Å². The van der Waals surface area contributed by atoms with Crippen LogP contribution in [0.2, 0.25) is 0 Å². The van der Waals surface area contributed by atoms with Crippen LogP contribution in [0.3, 0.4) is 0 Å². The van der Waals surface area contributed by atoms with Gasteiger partial charge in [-0.15, -0.1) is 0 Å². The third-order valence-electron chi connectivity index (χ3n) is 3.68. The molecule has 2 atom stereocenters. The van der Waals surface area contributed by atoms with Gasteiger partial charge in [0.15, 0.2) is 9.84 Å². The topological polar surface area (TPSA) is 97.5 Å². The van der Waals surface area contributed by atoms with Crippen LogP contribution in [0.25, 0.3) is 0 Å². The van der Waals surface area contributed by atoms with Crippen LogP contribution in [0.5, 0.6) is 0 Å². The second kappa shape index (κ2) is 5.88. The lowest BCUT2D eigenvalue weighted by atomic mass is 10.0. The highest BCUT2D eigenvalue weighted by Crippen LogP contribution is 2.26. The van der Waals surface area contributed by atoms with Gasteiger partial charge in [-0.1, -0.05) is 24.6 Å². The Morgan fingerprint density at radius 3 is 2.70 bits per heavy atom. The molecule has 0 saturated carbocycles. The van der Waals surface area contributed by atoms with Gasteiger partial charge in [0.25, 0.3) is 5.69 Å². The first-order chi connectivity index (χ1) is 9.42. The molecule has 1 aromatic carbocycles. The van der Waals surface area contributed by atoms with Crippen molar-refractivity contribution < 1.29 is 18.4 Å². The van der Waals surface area contributed by atoms with E-state index in [2.05, 4.69) is 0 Å². The minimum Gasteiger partial charge on any atom is -0.391 e. The first kappa shape index (κ1) is 14.9. The molecule has 1 heterocycles. The number of nitro benzene ring substituents is 1. The van der Waals surface area contributed by atoms with E-state index in [1.54, 1.807) is 18.2 Å². The van der Waals surface area contributed by atoms with Crippen molar-refractivity contribution in [2.24, 2.45) is 0 Å². The molecule has 0 radical (unpaired) electrons. The Hall–Kier alpha value is -1.47. The maximum absolute atomic E-state index is 11.9. The molecule has 0 bridgehead atoms. The summed E-state index contributed by atoms with van der Waals surface area (Å²) in [7, 11) is -3.30. The maximum atomic E-state index is 11.9. The molecular formula is C13H17NO5S. The Bertz CT molecular complexity index is 599. The minimum atomic E-state index is -3.30. The molecule has 0 aliphatic carbocycles. The number of benzene rings is 1. The van der Waals surface area contributed by atoms with Crippen molar-refractivity contribution in [2.45, 2.75) is 37.0 Å². The van der Waals surface area contributed by atoms with Crippen molar-refractivity contribution in [3.05, 3.63) is 39.9 Å². The first-order valence-corrected chi connectivity index (χ1v) is 8.25. The molecule has 0 aromatic heterocycles. The standard InChI is InChI=1S/C13H17NO5S/c15-12(13-7-3-4-8-20(13,18)19)9-10-5-1-2-6-11(10)14(16)17/h1-2,5-6,12-13,15H,3-4,7-9H2. The fourth-order valence-corrected chi connectivity index (χ4v) is 4.64. The summed E-state index contributed by atoms with van der Waals surface area (Å²) < 4.78 is 23.9. The fourth-order valence-electron chi connectivity index (χ4n) is 2.63. The van der Waals surface area contributed by atoms with E-state index in [9.17, 15) is 23.6 Å². The summed E-state index contributed by atoms with van der Waals surface area (Å²) in [5.74, 6) is 0.0889. The largest absolute Gasteiger partial charge is 0.391 e. The zero-order valence-electron chi connectivity index (χ0n) is 10.9. The fraction of sp³-hybridized carbons (Fsp3) is 0.538. The van der Waals surface area contributed by atoms with Gasteiger partial charge in [0.2, 0.25) is 0 Å². The summed E-state index contributed by atoms with van der Waals surface area (Å²) in [5, 5.41) is 20.3. The summed E-state index contributed by atoms with van der Waals surface area (Å²) in [4.78, 5) is 10.4. The lowest BCUT2D eigenvalue weighted by Crippen LogP contribution is -2.39. The zero-order chi connectivity index (χ0) is 14.8. The van der Waals surface area contributed by atoms with Crippen molar-refractivity contribution in [3.63, 3.8) is 0 Å². The number of nitrogens with zero attached hydrogens (tertiary/aromatic N) is 1. The van der Waals surface area contributed by atoms with Crippen LogP contribution in [0, 0.1) is 10.1 Å². The van der Waals surface area contributed by atoms with Crippen LogP contribution in [0.1, 0.15) is 24.8 Å². The molecule has 1 fully saturated rings. The van der Waals surface area contributed by atoms with E-state index in [1.807, 2.05) is 0 Å². The Kier molecular flexibility index (Phi) is 4.39. The van der Waals surface area contributed by atoms with Crippen LogP contribution in [0.4, 0.5) is 5.69 Å². The number of nitro groups is 1. The quantitative estimate of drug-likeness (QED) is 0.670. The number of para-hydroxylation sites is 1. The molecule has 1 aliphatic rings. The lowest BCUT2D eigenvalue weighted by Gasteiger charge is -2.26. The van der Waals surface area contributed by atoms with E-state index in [-0.39, 0.29) is 17.9 Å². The molecule has 110 valence electrons. The third kappa shape index (κ3) is 3.16. The van der Waals surface area contributed by atoms with Gasteiger partial charge < -0.3 is 5.11 Å². The third-order valence-corrected chi connectivity index (χ3v) is 6.01. The van der Waals surface area contributed by atoms with Gasteiger partial charge in [-0.25, -0.2) is 8.42 Å². The van der Waals surface area contributed by atoms with E-state index in [0.29, 0.717) is 18.4 Å². The van der Waals surface area contributed by atoms with E-state index in [4.69, 9.17) is 0 Å². The van der Waals surface area contributed by atoms with Gasteiger partial charge in [0.1, 0.15) is 0 Å². The van der Waals surface area contributed by atoms with Crippen molar-refractivity contribution in [2.75, 3.05) is 5.75 Å². The molecule has 6 nitrogen and oxygen atoms in total. The highest BCUT2D eigenvalue weighted by Gasteiger charge is 2.35. The van der Waals surface area contributed by atoms with Gasteiger partial charge in [0.05, 0.1) is 22.0 Å². The number of rotatable bonds is 4. The summed E-state index contributed by atoms with van der Waals surface area (Å²) in [6.07, 6.45) is 0.696. The molecule has 2 rings (SSSR count). The Morgan fingerprint density at radius 1 is 1.35 bits per heavy atom. The maximum Gasteiger partial charge on any atom is 0.272 e. The van der Waals surface area contributed by atoms with E-state index in [1.165, 1.54) is 6.07 Å². The van der Waals surface area contributed by atoms with Gasteiger partial charge in [-0.05, 0) is 12.8 Å². The molecule has 0 amide bonds. The van der Waals surface area contributed by atoms with Crippen LogP contribution in [-0.2, 0) is 16.3 Å². The Labute approximate surface area is 117 Å². The van der Waals surface area contributed by atoms with Crippen molar-refractivity contribution >= 4 is 15.5 Å². The molecule has 20 heavy (non-hydrogen) atoms. The molecule has 1 aromatic rings. The second-order valence-corrected chi connectivity index (χ2v) is 7.40. The molecule has 1 aliphatic heterocycles. The zero-order valence-corrected chi connectivity index (χ0v) is 11.8. The molecule has 1 saturated heterocycles. The predicted octanol–water partition coefficient (Wildman–Crippen LogP) is 1.47. The average Bonchev–Trinajstić information content (AvgIpc) is 2.38. The molecular weight excluding hydrogens is 282 g/mol. The van der Waals surface area contributed by atoms with Gasteiger partial charge in [-0.3, -0.25) is 10.1 Å². The Morgan fingerprint density at radius 2 is 2.05 bits per heavy atom. The summed E-state index contributed by atoms with van der Waals surface area (Å²) in [5.41, 5.74) is 0.283. The van der Waals surface area contributed by atoms with Crippen molar-refractivity contribution in [3.8, 4) is 0 Å². The SMILES string of the molecule is O=[N+]([O-])c1ccccc1CC(O)C1CCCCS1(=O)=O. The smallest absolute Gasteiger partial charge is 0.272 e. The minimum absolute atomic E-state index is 0.0128. The molecule has 7 heteroatoms. The van der Waals surface area contributed by atoms with Gasteiger partial charge in [-0.2, -0.15) is 0 Å². The summed E-state index contributed by atoms with van der Waals surface area (Å²) in [6, 6.07) is 6.10. The monoisotopic (exact) mass is 299 g/mol. The number of aliphatic hydroxyl groups is 1. The highest BCUT2D eigenvalue weighted by atomic mass is 32.2. The predicted molar refractivity (Wildman–Crippen MR) is 74.2 cm³/mol. The van der Waals surface area contributed by atoms with Crippen LogP contribution in [-0.4, -0.2) is 35.6 Å². The number of sulfone groups is 1. The van der Waals surface area contributed by atoms with E-state index >= 15 is 0 Å². The second-order valence-electron chi connectivity index (χ2n) is 5.06. The van der Waals surface area contributed by atoms with Crippen LogP contribution < -0.4 is 0 Å². The van der Waals surface area contributed by atoms with Gasteiger partial charge in [0, 0.05) is 18.1 Å². The highest BCUT2D eigenvalue weighted by molar-refractivity contribution is 7.92. The molecule has 0 spiro atoms. The first-order valence-electron chi connectivity index (χ1n) is 6.54. The number of hydrogen-bond acceptors (Lipinski definition) is 5. The van der Waals surface area contributed by atoms with E-state index in [0.717, 1.165) is 6.42 Å². The van der Waals surface area contributed by atoms with Gasteiger partial charge >= 0.3 is 0 Å². The summed E-state index contributed by atoms with van der Waals surface area (Å²) in [6.45, 7) is 0. The van der Waals surface area contributed by atoms with Crippen molar-refractivity contribution in [1.29, 1.82) is 0 Å². The number of hydrogen-bond donors (Lipinski definition) is 1. The lowest BCUT2D eigenvalue weighted by molar-refractivity contribution is -0.385. The molecule has 1 N–H and O–H groups in total. The van der Waals surface area contributed by atoms with E-state index < -0.39 is 26.1 Å².